The number of ether oxygens (including phenoxy) is 1. The molecule has 1 aliphatic rings. The fraction of sp³-hybridized carbons (Fsp3) is 0.429. The van der Waals surface area contributed by atoms with Crippen LogP contribution in [0.15, 0.2) is 34.0 Å². The molecule has 12 nitrogen and oxygen atoms in total. The average molecular weight is 454 g/mol. The molecule has 0 radical (unpaired) electrons. The molecule has 1 aromatic carbocycles. The zero-order chi connectivity index (χ0) is 23.0. The Morgan fingerprint density at radius 3 is 2.73 bits per heavy atom. The number of hydrogen-bond donors (Lipinski definition) is 2. The number of rotatable bonds is 9. The number of amides is 1. The van der Waals surface area contributed by atoms with Gasteiger partial charge in [0.2, 0.25) is 11.6 Å². The van der Waals surface area contributed by atoms with Crippen LogP contribution in [0.3, 0.4) is 0 Å². The normalized spacial score (nSPS) is 14.6. The Labute approximate surface area is 190 Å². The Morgan fingerprint density at radius 1 is 1.24 bits per heavy atom. The SMILES string of the molecule is CCCOc1ccc(/C=N\NC(=O)c2nnn(-c3nonc3N)c2CN2CCCCC2)cc1. The second-order valence-electron chi connectivity index (χ2n) is 7.72. The van der Waals surface area contributed by atoms with Gasteiger partial charge in [-0.1, -0.05) is 18.6 Å². The van der Waals surface area contributed by atoms with Gasteiger partial charge in [0.25, 0.3) is 5.91 Å². The van der Waals surface area contributed by atoms with Crippen LogP contribution in [0.4, 0.5) is 5.82 Å². The van der Waals surface area contributed by atoms with E-state index in [2.05, 4.69) is 43.0 Å². The molecule has 33 heavy (non-hydrogen) atoms. The number of hydrogen-bond acceptors (Lipinski definition) is 10. The monoisotopic (exact) mass is 453 g/mol. The van der Waals surface area contributed by atoms with Crippen molar-refractivity contribution >= 4 is 17.9 Å². The van der Waals surface area contributed by atoms with Crippen molar-refractivity contribution in [3.63, 3.8) is 0 Å². The maximum atomic E-state index is 12.9. The Hall–Kier alpha value is -3.80. The van der Waals surface area contributed by atoms with Crippen LogP contribution in [-0.4, -0.2) is 62.0 Å². The summed E-state index contributed by atoms with van der Waals surface area (Å²) in [6, 6.07) is 7.44. The number of benzene rings is 1. The molecule has 4 rings (SSSR count). The predicted octanol–water partition coefficient (Wildman–Crippen LogP) is 1.77. The highest BCUT2D eigenvalue weighted by molar-refractivity contribution is 5.94. The summed E-state index contributed by atoms with van der Waals surface area (Å²) in [6.45, 7) is 5.03. The first-order valence-corrected chi connectivity index (χ1v) is 11.0. The second-order valence-corrected chi connectivity index (χ2v) is 7.72. The number of piperidine rings is 1. The van der Waals surface area contributed by atoms with Gasteiger partial charge in [0.05, 0.1) is 18.5 Å². The minimum Gasteiger partial charge on any atom is -0.494 e. The standard InChI is InChI=1S/C21H27N9O3/c1-2-12-32-16-8-6-15(7-9-16)13-23-25-21(31)18-17(14-29-10-4-3-5-11-29)30(28-24-18)20-19(22)26-33-27-20/h6-9,13H,2-5,10-12,14H2,1H3,(H2,22,26)(H,25,31)/b23-13-. The van der Waals surface area contributed by atoms with Crippen LogP contribution in [0.5, 0.6) is 5.75 Å². The van der Waals surface area contributed by atoms with E-state index in [1.165, 1.54) is 11.1 Å². The molecule has 0 saturated carbocycles. The summed E-state index contributed by atoms with van der Waals surface area (Å²) < 4.78 is 11.7. The number of likely N-dealkylation sites (tertiary alicyclic amines) is 1. The number of carbonyl (C=O) groups excluding carboxylic acids is 1. The third-order valence-electron chi connectivity index (χ3n) is 5.23. The summed E-state index contributed by atoms with van der Waals surface area (Å²) in [5, 5.41) is 19.6. The highest BCUT2D eigenvalue weighted by Gasteiger charge is 2.26. The Morgan fingerprint density at radius 2 is 2.03 bits per heavy atom. The van der Waals surface area contributed by atoms with Gasteiger partial charge in [0.1, 0.15) is 5.75 Å². The first kappa shape index (κ1) is 22.4. The maximum absolute atomic E-state index is 12.9. The van der Waals surface area contributed by atoms with Gasteiger partial charge in [-0.3, -0.25) is 9.69 Å². The van der Waals surface area contributed by atoms with Gasteiger partial charge < -0.3 is 10.5 Å². The number of carbonyl (C=O) groups is 1. The van der Waals surface area contributed by atoms with Gasteiger partial charge in [0.15, 0.2) is 5.69 Å². The van der Waals surface area contributed by atoms with Crippen LogP contribution in [-0.2, 0) is 6.54 Å². The summed E-state index contributed by atoms with van der Waals surface area (Å²) in [5.74, 6) is 0.569. The molecule has 3 heterocycles. The van der Waals surface area contributed by atoms with Crippen molar-refractivity contribution in [2.45, 2.75) is 39.2 Å². The largest absolute Gasteiger partial charge is 0.494 e. The van der Waals surface area contributed by atoms with Crippen molar-refractivity contribution in [3.05, 3.63) is 41.2 Å². The molecule has 3 N–H and O–H groups in total. The number of nitrogen functional groups attached to an aromatic ring is 1. The van der Waals surface area contributed by atoms with E-state index in [1.807, 2.05) is 24.3 Å². The van der Waals surface area contributed by atoms with E-state index in [0.717, 1.165) is 43.7 Å². The van der Waals surface area contributed by atoms with Gasteiger partial charge >= 0.3 is 0 Å². The van der Waals surface area contributed by atoms with Gasteiger partial charge in [-0.25, -0.2) is 10.1 Å². The summed E-state index contributed by atoms with van der Waals surface area (Å²) >= 11 is 0. The Balaban J connectivity index is 1.48. The van der Waals surface area contributed by atoms with Crippen LogP contribution in [0.2, 0.25) is 0 Å². The number of nitrogens with two attached hydrogens (primary N) is 1. The van der Waals surface area contributed by atoms with Crippen LogP contribution in [0, 0.1) is 0 Å². The molecule has 2 aromatic heterocycles. The molecular weight excluding hydrogens is 426 g/mol. The van der Waals surface area contributed by atoms with Crippen molar-refractivity contribution in [1.82, 2.24) is 35.6 Å². The number of hydrazone groups is 1. The topological polar surface area (TPSA) is 150 Å². The smallest absolute Gasteiger partial charge is 0.293 e. The van der Waals surface area contributed by atoms with E-state index in [1.54, 1.807) is 6.21 Å². The van der Waals surface area contributed by atoms with Gasteiger partial charge in [-0.15, -0.1) is 5.10 Å². The molecule has 12 heteroatoms. The Kier molecular flexibility index (Phi) is 7.25. The third-order valence-corrected chi connectivity index (χ3v) is 5.23. The predicted molar refractivity (Wildman–Crippen MR) is 120 cm³/mol. The molecule has 174 valence electrons. The second kappa shape index (κ2) is 10.7. The molecule has 0 bridgehead atoms. The summed E-state index contributed by atoms with van der Waals surface area (Å²) in [6.07, 6.45) is 5.89. The molecule has 3 aromatic rings. The molecule has 1 amide bonds. The molecule has 1 fully saturated rings. The maximum Gasteiger partial charge on any atom is 0.293 e. The zero-order valence-corrected chi connectivity index (χ0v) is 18.5. The van der Waals surface area contributed by atoms with Gasteiger partial charge in [-0.2, -0.15) is 9.78 Å². The lowest BCUT2D eigenvalue weighted by Gasteiger charge is -2.26. The van der Waals surface area contributed by atoms with Crippen molar-refractivity contribution in [3.8, 4) is 11.6 Å². The van der Waals surface area contributed by atoms with Crippen molar-refractivity contribution < 1.29 is 14.2 Å². The number of anilines is 1. The average Bonchev–Trinajstić information content (AvgIpc) is 3.44. The fourth-order valence-corrected chi connectivity index (χ4v) is 3.55. The summed E-state index contributed by atoms with van der Waals surface area (Å²) in [7, 11) is 0. The van der Waals surface area contributed by atoms with Crippen LogP contribution in [0.1, 0.15) is 54.4 Å². The quantitative estimate of drug-likeness (QED) is 0.365. The third kappa shape index (κ3) is 5.52. The Bertz CT molecular complexity index is 1080. The van der Waals surface area contributed by atoms with Gasteiger partial charge in [0, 0.05) is 6.54 Å². The fourth-order valence-electron chi connectivity index (χ4n) is 3.55. The first-order valence-electron chi connectivity index (χ1n) is 11.0. The lowest BCUT2D eigenvalue weighted by atomic mass is 10.1. The lowest BCUT2D eigenvalue weighted by Crippen LogP contribution is -2.31. The van der Waals surface area contributed by atoms with Gasteiger partial charge in [-0.05, 0) is 72.5 Å². The zero-order valence-electron chi connectivity index (χ0n) is 18.5. The van der Waals surface area contributed by atoms with Crippen molar-refractivity contribution in [2.75, 3.05) is 25.4 Å². The number of nitrogens with one attached hydrogen (secondary N) is 1. The summed E-state index contributed by atoms with van der Waals surface area (Å²) in [5.41, 5.74) is 9.87. The molecule has 0 unspecified atom stereocenters. The molecular formula is C21H27N9O3. The van der Waals surface area contributed by atoms with E-state index < -0.39 is 5.91 Å². The number of aromatic nitrogens is 5. The highest BCUT2D eigenvalue weighted by atomic mass is 16.6. The van der Waals surface area contributed by atoms with E-state index >= 15 is 0 Å². The van der Waals surface area contributed by atoms with E-state index in [0.29, 0.717) is 18.8 Å². The van der Waals surface area contributed by atoms with Crippen LogP contribution >= 0.6 is 0 Å². The molecule has 0 spiro atoms. The highest BCUT2D eigenvalue weighted by Crippen LogP contribution is 2.19. The van der Waals surface area contributed by atoms with Crippen LogP contribution in [0.25, 0.3) is 5.82 Å². The lowest BCUT2D eigenvalue weighted by molar-refractivity contribution is 0.0947. The van der Waals surface area contributed by atoms with E-state index in [-0.39, 0.29) is 17.3 Å². The first-order chi connectivity index (χ1) is 16.2. The van der Waals surface area contributed by atoms with E-state index in [9.17, 15) is 4.79 Å². The molecule has 0 aliphatic carbocycles. The molecule has 1 aliphatic heterocycles. The summed E-state index contributed by atoms with van der Waals surface area (Å²) in [4.78, 5) is 15.1. The van der Waals surface area contributed by atoms with Crippen molar-refractivity contribution in [1.29, 1.82) is 0 Å². The molecule has 0 atom stereocenters. The molecule has 1 saturated heterocycles. The minimum absolute atomic E-state index is 0.0659. The van der Waals surface area contributed by atoms with E-state index in [4.69, 9.17) is 15.1 Å². The number of nitrogens with zero attached hydrogens (tertiary/aromatic N) is 7. The van der Waals surface area contributed by atoms with Crippen LogP contribution < -0.4 is 15.9 Å². The minimum atomic E-state index is -0.484. The van der Waals surface area contributed by atoms with Crippen molar-refractivity contribution in [2.24, 2.45) is 5.10 Å².